The summed E-state index contributed by atoms with van der Waals surface area (Å²) >= 11 is 4.88. The highest BCUT2D eigenvalue weighted by atomic mass is 79.9. The van der Waals surface area contributed by atoms with Crippen LogP contribution in [0.25, 0.3) is 0 Å². The molecule has 1 saturated carbocycles. The second-order valence-electron chi connectivity index (χ2n) is 4.47. The van der Waals surface area contributed by atoms with E-state index < -0.39 is 0 Å². The van der Waals surface area contributed by atoms with Crippen molar-refractivity contribution >= 4 is 33.2 Å². The first-order valence-electron chi connectivity index (χ1n) is 5.66. The first-order valence-corrected chi connectivity index (χ1v) is 7.66. The molecule has 5 heteroatoms. The molecule has 3 nitrogen and oxygen atoms in total. The van der Waals surface area contributed by atoms with Crippen LogP contribution in [0, 0.1) is 5.41 Å². The summed E-state index contributed by atoms with van der Waals surface area (Å²) in [6.07, 6.45) is 3.60. The third-order valence-electron chi connectivity index (χ3n) is 3.24. The van der Waals surface area contributed by atoms with Gasteiger partial charge in [0, 0.05) is 23.3 Å². The molecule has 1 aromatic heterocycles. The predicted octanol–water partition coefficient (Wildman–Crippen LogP) is 3.05. The summed E-state index contributed by atoms with van der Waals surface area (Å²) in [4.78, 5) is 12.6. The minimum Gasteiger partial charge on any atom is -0.496 e. The number of rotatable bonds is 6. The Morgan fingerprint density at radius 2 is 2.41 bits per heavy atom. The predicted molar refractivity (Wildman–Crippen MR) is 73.3 cm³/mol. The Hall–Kier alpha value is -0.550. The number of methoxy groups -OCH3 is 1. The van der Waals surface area contributed by atoms with Gasteiger partial charge in [-0.15, -0.1) is 11.3 Å². The quantitative estimate of drug-likeness (QED) is 0.819. The molecule has 17 heavy (non-hydrogen) atoms. The third-order valence-corrected chi connectivity index (χ3v) is 4.54. The summed E-state index contributed by atoms with van der Waals surface area (Å²) in [5.41, 5.74) is 0.362. The first kappa shape index (κ1) is 12.9. The van der Waals surface area contributed by atoms with E-state index in [-0.39, 0.29) is 5.91 Å². The van der Waals surface area contributed by atoms with Crippen LogP contribution in [0.1, 0.15) is 28.9 Å². The van der Waals surface area contributed by atoms with E-state index in [0.29, 0.717) is 5.41 Å². The van der Waals surface area contributed by atoms with Crippen molar-refractivity contribution in [3.8, 4) is 5.75 Å². The van der Waals surface area contributed by atoms with E-state index in [2.05, 4.69) is 21.2 Å². The van der Waals surface area contributed by atoms with Crippen LogP contribution in [0.2, 0.25) is 0 Å². The van der Waals surface area contributed by atoms with Crippen LogP contribution < -0.4 is 10.1 Å². The van der Waals surface area contributed by atoms with E-state index in [4.69, 9.17) is 4.74 Å². The lowest BCUT2D eigenvalue weighted by atomic mass is 10.0. The molecule has 1 N–H and O–H groups in total. The molecule has 1 aliphatic rings. The monoisotopic (exact) mass is 317 g/mol. The summed E-state index contributed by atoms with van der Waals surface area (Å²) < 4.78 is 5.07. The molecule has 0 bridgehead atoms. The second-order valence-corrected chi connectivity index (χ2v) is 6.18. The first-order chi connectivity index (χ1) is 8.19. The second kappa shape index (κ2) is 5.40. The Morgan fingerprint density at radius 1 is 1.65 bits per heavy atom. The maximum absolute atomic E-state index is 11.9. The van der Waals surface area contributed by atoms with Crippen LogP contribution in [-0.2, 0) is 0 Å². The number of ether oxygens (including phenoxy) is 1. The number of thiophene rings is 1. The van der Waals surface area contributed by atoms with Crippen LogP contribution >= 0.6 is 27.3 Å². The number of nitrogens with one attached hydrogen (secondary N) is 1. The normalized spacial score (nSPS) is 16.6. The number of amides is 1. The summed E-state index contributed by atoms with van der Waals surface area (Å²) in [6.45, 7) is 0.789. The van der Waals surface area contributed by atoms with Gasteiger partial charge in [0.25, 0.3) is 5.91 Å². The van der Waals surface area contributed by atoms with Gasteiger partial charge in [0.15, 0.2) is 0 Å². The lowest BCUT2D eigenvalue weighted by molar-refractivity contribution is 0.0948. The van der Waals surface area contributed by atoms with Crippen LogP contribution in [0.3, 0.4) is 0 Å². The molecule has 1 amide bonds. The van der Waals surface area contributed by atoms with Crippen LogP contribution in [0.5, 0.6) is 5.75 Å². The van der Waals surface area contributed by atoms with Gasteiger partial charge in [0.2, 0.25) is 0 Å². The summed E-state index contributed by atoms with van der Waals surface area (Å²) in [7, 11) is 1.61. The molecule has 0 atom stereocenters. The van der Waals surface area contributed by atoms with Gasteiger partial charge in [-0.3, -0.25) is 4.79 Å². The van der Waals surface area contributed by atoms with Crippen LogP contribution in [0.15, 0.2) is 11.4 Å². The van der Waals surface area contributed by atoms with Crippen molar-refractivity contribution in [2.45, 2.75) is 19.3 Å². The molecule has 0 saturated heterocycles. The Bertz CT molecular complexity index is 401. The van der Waals surface area contributed by atoms with E-state index in [1.807, 2.05) is 5.38 Å². The van der Waals surface area contributed by atoms with Crippen molar-refractivity contribution in [3.63, 3.8) is 0 Å². The molecule has 94 valence electrons. The van der Waals surface area contributed by atoms with E-state index in [1.165, 1.54) is 24.2 Å². The highest BCUT2D eigenvalue weighted by Gasteiger charge is 2.41. The topological polar surface area (TPSA) is 38.3 Å². The molecule has 0 aliphatic heterocycles. The van der Waals surface area contributed by atoms with Crippen LogP contribution in [-0.4, -0.2) is 24.9 Å². The average Bonchev–Trinajstić information content (AvgIpc) is 2.93. The molecule has 1 aliphatic carbocycles. The standard InChI is InChI=1S/C12H16BrNO2S/c1-16-9-6-10(17-7-9)11(15)14-8-12(2-3-12)4-5-13/h6-7H,2-5,8H2,1H3,(H,14,15). The Labute approximate surface area is 114 Å². The van der Waals surface area contributed by atoms with Gasteiger partial charge in [-0.05, 0) is 24.7 Å². The van der Waals surface area contributed by atoms with Crippen molar-refractivity contribution in [3.05, 3.63) is 16.3 Å². The fourth-order valence-corrected chi connectivity index (χ4v) is 3.40. The minimum absolute atomic E-state index is 0.0131. The lowest BCUT2D eigenvalue weighted by Gasteiger charge is -2.13. The Morgan fingerprint density at radius 3 is 2.94 bits per heavy atom. The summed E-state index contributed by atoms with van der Waals surface area (Å²) in [6, 6.07) is 1.78. The van der Waals surface area contributed by atoms with Crippen molar-refractivity contribution in [1.29, 1.82) is 0 Å². The fraction of sp³-hybridized carbons (Fsp3) is 0.583. The molecule has 2 rings (SSSR count). The van der Waals surface area contributed by atoms with E-state index in [9.17, 15) is 4.79 Å². The van der Waals surface area contributed by atoms with Gasteiger partial charge in [-0.25, -0.2) is 0 Å². The molecular formula is C12H16BrNO2S. The number of hydrogen-bond donors (Lipinski definition) is 1. The van der Waals surface area contributed by atoms with Gasteiger partial charge in [-0.1, -0.05) is 15.9 Å². The largest absolute Gasteiger partial charge is 0.496 e. The van der Waals surface area contributed by atoms with E-state index >= 15 is 0 Å². The fourth-order valence-electron chi connectivity index (χ4n) is 1.79. The van der Waals surface area contributed by atoms with Crippen LogP contribution in [0.4, 0.5) is 0 Å². The van der Waals surface area contributed by atoms with E-state index in [0.717, 1.165) is 28.9 Å². The highest BCUT2D eigenvalue weighted by molar-refractivity contribution is 9.09. The minimum atomic E-state index is 0.0131. The number of carbonyl (C=O) groups excluding carboxylic acids is 1. The van der Waals surface area contributed by atoms with Gasteiger partial charge in [0.05, 0.1) is 12.0 Å². The summed E-state index contributed by atoms with van der Waals surface area (Å²) in [5.74, 6) is 0.765. The molecule has 1 aromatic rings. The van der Waals surface area contributed by atoms with Crippen molar-refractivity contribution in [1.82, 2.24) is 5.32 Å². The highest BCUT2D eigenvalue weighted by Crippen LogP contribution is 2.48. The van der Waals surface area contributed by atoms with Gasteiger partial charge in [-0.2, -0.15) is 0 Å². The average molecular weight is 318 g/mol. The van der Waals surface area contributed by atoms with Gasteiger partial charge in [0.1, 0.15) is 5.75 Å². The molecule has 0 unspecified atom stereocenters. The Kier molecular flexibility index (Phi) is 4.09. The van der Waals surface area contributed by atoms with E-state index in [1.54, 1.807) is 13.2 Å². The van der Waals surface area contributed by atoms with Crippen molar-refractivity contribution in [2.24, 2.45) is 5.41 Å². The number of hydrogen-bond acceptors (Lipinski definition) is 3. The number of alkyl halides is 1. The molecule has 1 heterocycles. The third kappa shape index (κ3) is 3.22. The van der Waals surface area contributed by atoms with Gasteiger partial charge < -0.3 is 10.1 Å². The van der Waals surface area contributed by atoms with Crippen molar-refractivity contribution in [2.75, 3.05) is 19.0 Å². The smallest absolute Gasteiger partial charge is 0.261 e. The van der Waals surface area contributed by atoms with Gasteiger partial charge >= 0.3 is 0 Å². The SMILES string of the molecule is COc1csc(C(=O)NCC2(CCBr)CC2)c1. The zero-order valence-electron chi connectivity index (χ0n) is 9.79. The van der Waals surface area contributed by atoms with Crippen molar-refractivity contribution < 1.29 is 9.53 Å². The maximum Gasteiger partial charge on any atom is 0.261 e. The molecule has 0 spiro atoms. The number of carbonyl (C=O) groups is 1. The molecule has 0 radical (unpaired) electrons. The molecular weight excluding hydrogens is 302 g/mol. The lowest BCUT2D eigenvalue weighted by Crippen LogP contribution is -2.29. The number of halogens is 1. The summed E-state index contributed by atoms with van der Waals surface area (Å²) in [5, 5.41) is 5.88. The zero-order chi connectivity index (χ0) is 12.3. The maximum atomic E-state index is 11.9. The molecule has 1 fully saturated rings. The molecule has 0 aromatic carbocycles. The Balaban J connectivity index is 1.85. The zero-order valence-corrected chi connectivity index (χ0v) is 12.2.